The molecule has 0 amide bonds. The molecule has 1 unspecified atom stereocenters. The number of carbonyl (C=O) groups is 1. The molecule has 0 radical (unpaired) electrons. The van der Waals surface area contributed by atoms with Crippen molar-refractivity contribution in [2.75, 3.05) is 5.75 Å². The quantitative estimate of drug-likeness (QED) is 0.809. The van der Waals surface area contributed by atoms with Crippen LogP contribution in [-0.4, -0.2) is 15.7 Å². The fourth-order valence-corrected chi connectivity index (χ4v) is 2.85. The Bertz CT molecular complexity index is 665. The third-order valence-corrected chi connectivity index (χ3v) is 4.55. The van der Waals surface area contributed by atoms with Crippen LogP contribution in [-0.2, 0) is 10.8 Å². The molecule has 2 rings (SSSR count). The third kappa shape index (κ3) is 3.61. The first kappa shape index (κ1) is 15.5. The van der Waals surface area contributed by atoms with Gasteiger partial charge in [0.15, 0.2) is 17.4 Å². The number of ketones is 1. The lowest BCUT2D eigenvalue weighted by molar-refractivity contribution is 0.102. The molecule has 21 heavy (non-hydrogen) atoms. The van der Waals surface area contributed by atoms with E-state index in [9.17, 15) is 17.8 Å². The van der Waals surface area contributed by atoms with Crippen LogP contribution in [0.2, 0.25) is 0 Å². The van der Waals surface area contributed by atoms with E-state index in [0.717, 1.165) is 23.3 Å². The van der Waals surface area contributed by atoms with E-state index in [0.29, 0.717) is 5.56 Å². The van der Waals surface area contributed by atoms with E-state index in [1.54, 1.807) is 12.1 Å². The molecule has 2 aromatic carbocycles. The van der Waals surface area contributed by atoms with E-state index in [2.05, 4.69) is 0 Å². The standard InChI is InChI=1S/C16H14F2O2S/c1-10-3-4-12(7-11(10)2)16(19)9-21(20)13-5-6-14(17)15(18)8-13/h3-8H,9H2,1-2H3. The smallest absolute Gasteiger partial charge is 0.175 e. The Morgan fingerprint density at radius 2 is 1.71 bits per heavy atom. The zero-order chi connectivity index (χ0) is 15.6. The van der Waals surface area contributed by atoms with E-state index in [1.807, 2.05) is 19.9 Å². The summed E-state index contributed by atoms with van der Waals surface area (Å²) in [5.74, 6) is -2.62. The van der Waals surface area contributed by atoms with Gasteiger partial charge in [-0.25, -0.2) is 8.78 Å². The first-order valence-electron chi connectivity index (χ1n) is 6.32. The van der Waals surface area contributed by atoms with Crippen LogP contribution < -0.4 is 0 Å². The Kier molecular flexibility index (Phi) is 4.63. The number of hydrogen-bond acceptors (Lipinski definition) is 2. The summed E-state index contributed by atoms with van der Waals surface area (Å²) in [6.07, 6.45) is 0. The Labute approximate surface area is 124 Å². The van der Waals surface area contributed by atoms with Crippen molar-refractivity contribution < 1.29 is 17.8 Å². The van der Waals surface area contributed by atoms with E-state index < -0.39 is 22.4 Å². The van der Waals surface area contributed by atoms with Crippen LogP contribution in [0.1, 0.15) is 21.5 Å². The maximum absolute atomic E-state index is 13.1. The van der Waals surface area contributed by atoms with Crippen LogP contribution in [0, 0.1) is 25.5 Å². The number of aryl methyl sites for hydroxylation is 2. The summed E-state index contributed by atoms with van der Waals surface area (Å²) in [5.41, 5.74) is 2.50. The Balaban J connectivity index is 2.16. The van der Waals surface area contributed by atoms with Gasteiger partial charge in [0.1, 0.15) is 0 Å². The largest absolute Gasteiger partial charge is 0.293 e. The Morgan fingerprint density at radius 3 is 2.33 bits per heavy atom. The van der Waals surface area contributed by atoms with Crippen molar-refractivity contribution in [1.29, 1.82) is 0 Å². The predicted octanol–water partition coefficient (Wildman–Crippen LogP) is 3.57. The number of carbonyl (C=O) groups excluding carboxylic acids is 1. The summed E-state index contributed by atoms with van der Waals surface area (Å²) >= 11 is 0. The highest BCUT2D eigenvalue weighted by Crippen LogP contribution is 2.15. The van der Waals surface area contributed by atoms with Gasteiger partial charge in [-0.1, -0.05) is 12.1 Å². The van der Waals surface area contributed by atoms with E-state index in [4.69, 9.17) is 0 Å². The van der Waals surface area contributed by atoms with E-state index in [1.165, 1.54) is 6.07 Å². The molecular formula is C16H14F2O2S. The molecule has 0 saturated heterocycles. The van der Waals surface area contributed by atoms with Crippen molar-refractivity contribution in [2.24, 2.45) is 0 Å². The van der Waals surface area contributed by atoms with E-state index >= 15 is 0 Å². The lowest BCUT2D eigenvalue weighted by Crippen LogP contribution is -2.11. The fourth-order valence-electron chi connectivity index (χ4n) is 1.82. The molecule has 5 heteroatoms. The molecular weight excluding hydrogens is 294 g/mol. The van der Waals surface area contributed by atoms with Gasteiger partial charge >= 0.3 is 0 Å². The van der Waals surface area contributed by atoms with Crippen molar-refractivity contribution in [3.05, 3.63) is 64.7 Å². The average molecular weight is 308 g/mol. The monoisotopic (exact) mass is 308 g/mol. The highest BCUT2D eigenvalue weighted by Gasteiger charge is 2.14. The minimum Gasteiger partial charge on any atom is -0.293 e. The summed E-state index contributed by atoms with van der Waals surface area (Å²) in [5, 5.41) is 0. The molecule has 0 fully saturated rings. The van der Waals surface area contributed by atoms with Crippen molar-refractivity contribution >= 4 is 16.6 Å². The second-order valence-corrected chi connectivity index (χ2v) is 6.24. The van der Waals surface area contributed by atoms with Gasteiger partial charge in [0, 0.05) is 10.5 Å². The minimum absolute atomic E-state index is 0.103. The number of benzene rings is 2. The Morgan fingerprint density at radius 1 is 1.00 bits per heavy atom. The molecule has 2 nitrogen and oxygen atoms in total. The van der Waals surface area contributed by atoms with Gasteiger partial charge in [-0.3, -0.25) is 9.00 Å². The Hall–Kier alpha value is -1.88. The second kappa shape index (κ2) is 6.26. The molecule has 0 N–H and O–H groups in total. The number of halogens is 2. The van der Waals surface area contributed by atoms with Crippen LogP contribution in [0.4, 0.5) is 8.78 Å². The highest BCUT2D eigenvalue weighted by molar-refractivity contribution is 7.85. The molecule has 0 bridgehead atoms. The summed E-state index contributed by atoms with van der Waals surface area (Å²) in [4.78, 5) is 12.2. The van der Waals surface area contributed by atoms with Gasteiger partial charge in [0.05, 0.1) is 16.6 Å². The molecule has 0 aliphatic rings. The first-order chi connectivity index (χ1) is 9.88. The molecule has 2 aromatic rings. The van der Waals surface area contributed by atoms with Gasteiger partial charge in [0.25, 0.3) is 0 Å². The number of hydrogen-bond donors (Lipinski definition) is 0. The summed E-state index contributed by atoms with van der Waals surface area (Å²) in [6.45, 7) is 3.82. The van der Waals surface area contributed by atoms with Gasteiger partial charge in [0.2, 0.25) is 0 Å². The maximum Gasteiger partial charge on any atom is 0.175 e. The van der Waals surface area contributed by atoms with Crippen LogP contribution in [0.15, 0.2) is 41.3 Å². The van der Waals surface area contributed by atoms with Gasteiger partial charge < -0.3 is 0 Å². The number of rotatable bonds is 4. The molecule has 110 valence electrons. The normalized spacial score (nSPS) is 12.2. The van der Waals surface area contributed by atoms with Crippen LogP contribution in [0.25, 0.3) is 0 Å². The maximum atomic E-state index is 13.1. The minimum atomic E-state index is -1.70. The van der Waals surface area contributed by atoms with Gasteiger partial charge in [-0.2, -0.15) is 0 Å². The van der Waals surface area contributed by atoms with E-state index in [-0.39, 0.29) is 16.4 Å². The molecule has 0 aromatic heterocycles. The van der Waals surface area contributed by atoms with Crippen molar-refractivity contribution in [2.45, 2.75) is 18.7 Å². The lowest BCUT2D eigenvalue weighted by Gasteiger charge is -2.05. The van der Waals surface area contributed by atoms with Crippen LogP contribution in [0.5, 0.6) is 0 Å². The lowest BCUT2D eigenvalue weighted by atomic mass is 10.0. The van der Waals surface area contributed by atoms with Gasteiger partial charge in [-0.15, -0.1) is 0 Å². The van der Waals surface area contributed by atoms with Crippen molar-refractivity contribution in [3.63, 3.8) is 0 Å². The fraction of sp³-hybridized carbons (Fsp3) is 0.188. The highest BCUT2D eigenvalue weighted by atomic mass is 32.2. The van der Waals surface area contributed by atoms with Crippen molar-refractivity contribution in [1.82, 2.24) is 0 Å². The molecule has 0 heterocycles. The summed E-state index contributed by atoms with van der Waals surface area (Å²) in [6, 6.07) is 8.22. The second-order valence-electron chi connectivity index (χ2n) is 4.79. The number of Topliss-reactive ketones (excluding diaryl/α,β-unsaturated/α-hetero) is 1. The zero-order valence-corrected chi connectivity index (χ0v) is 12.5. The molecule has 0 saturated carbocycles. The summed E-state index contributed by atoms with van der Waals surface area (Å²) < 4.78 is 38.0. The first-order valence-corrected chi connectivity index (χ1v) is 7.64. The predicted molar refractivity (Wildman–Crippen MR) is 77.9 cm³/mol. The van der Waals surface area contributed by atoms with Gasteiger partial charge in [-0.05, 0) is 49.2 Å². The SMILES string of the molecule is Cc1ccc(C(=O)CS(=O)c2ccc(F)c(F)c2)cc1C. The van der Waals surface area contributed by atoms with Crippen LogP contribution in [0.3, 0.4) is 0 Å². The molecule has 1 atom stereocenters. The molecule has 0 spiro atoms. The molecule has 0 aliphatic carbocycles. The zero-order valence-electron chi connectivity index (χ0n) is 11.7. The average Bonchev–Trinajstić information content (AvgIpc) is 2.44. The third-order valence-electron chi connectivity index (χ3n) is 3.25. The molecule has 0 aliphatic heterocycles. The van der Waals surface area contributed by atoms with Crippen LogP contribution >= 0.6 is 0 Å². The summed E-state index contributed by atoms with van der Waals surface area (Å²) in [7, 11) is -1.70. The van der Waals surface area contributed by atoms with Crippen molar-refractivity contribution in [3.8, 4) is 0 Å². The topological polar surface area (TPSA) is 34.1 Å².